The van der Waals surface area contributed by atoms with Crippen LogP contribution in [0.2, 0.25) is 0 Å². The van der Waals surface area contributed by atoms with Gasteiger partial charge in [0.05, 0.1) is 5.52 Å². The number of fused-ring (bicyclic) bond motifs is 2. The fraction of sp³-hybridized carbons (Fsp3) is 0.143. The monoisotopic (exact) mass is 223 g/mol. The standard InChI is InChI=1S/C14H13N3/c1-9-6-7-11-13(10(9)2)16-12-5-3-4-8-17(12)14(11)15/h3-8,15H,1-2H3. The van der Waals surface area contributed by atoms with Gasteiger partial charge in [-0.1, -0.05) is 12.1 Å². The number of aryl methyl sites for hydroxylation is 2. The Morgan fingerprint density at radius 1 is 1.12 bits per heavy atom. The van der Waals surface area contributed by atoms with Crippen LogP contribution in [0.5, 0.6) is 0 Å². The third-order valence-corrected chi connectivity index (χ3v) is 3.26. The smallest absolute Gasteiger partial charge is 0.140 e. The van der Waals surface area contributed by atoms with E-state index in [1.807, 2.05) is 36.5 Å². The van der Waals surface area contributed by atoms with Gasteiger partial charge in [-0.2, -0.15) is 0 Å². The van der Waals surface area contributed by atoms with Crippen LogP contribution in [0.3, 0.4) is 0 Å². The highest BCUT2D eigenvalue weighted by Gasteiger charge is 2.06. The van der Waals surface area contributed by atoms with E-state index in [0.29, 0.717) is 5.49 Å². The van der Waals surface area contributed by atoms with Crippen LogP contribution in [0.1, 0.15) is 11.1 Å². The lowest BCUT2D eigenvalue weighted by Crippen LogP contribution is -2.15. The van der Waals surface area contributed by atoms with Crippen molar-refractivity contribution in [1.29, 1.82) is 5.41 Å². The lowest BCUT2D eigenvalue weighted by molar-refractivity contribution is 1.00. The molecule has 0 unspecified atom stereocenters. The van der Waals surface area contributed by atoms with E-state index >= 15 is 0 Å². The van der Waals surface area contributed by atoms with E-state index in [1.54, 1.807) is 4.40 Å². The second-order valence-electron chi connectivity index (χ2n) is 4.29. The second-order valence-corrected chi connectivity index (χ2v) is 4.29. The van der Waals surface area contributed by atoms with Crippen LogP contribution in [0.15, 0.2) is 36.5 Å². The number of nitrogens with zero attached hydrogens (tertiary/aromatic N) is 2. The van der Waals surface area contributed by atoms with Crippen LogP contribution < -0.4 is 5.49 Å². The van der Waals surface area contributed by atoms with E-state index in [0.717, 1.165) is 22.1 Å². The first kappa shape index (κ1) is 10.0. The molecule has 1 aromatic carbocycles. The Balaban J connectivity index is 2.64. The molecule has 0 amide bonds. The Morgan fingerprint density at radius 2 is 1.94 bits per heavy atom. The van der Waals surface area contributed by atoms with Crippen molar-refractivity contribution in [2.24, 2.45) is 0 Å². The summed E-state index contributed by atoms with van der Waals surface area (Å²) in [7, 11) is 0. The Morgan fingerprint density at radius 3 is 2.76 bits per heavy atom. The third-order valence-electron chi connectivity index (χ3n) is 3.26. The largest absolute Gasteiger partial charge is 0.286 e. The molecule has 0 aliphatic carbocycles. The Hall–Kier alpha value is -2.16. The molecular weight excluding hydrogens is 210 g/mol. The zero-order valence-electron chi connectivity index (χ0n) is 9.86. The van der Waals surface area contributed by atoms with Crippen molar-refractivity contribution in [2.75, 3.05) is 0 Å². The van der Waals surface area contributed by atoms with Crippen LogP contribution in [0.4, 0.5) is 0 Å². The van der Waals surface area contributed by atoms with E-state index in [4.69, 9.17) is 5.41 Å². The fourth-order valence-corrected chi connectivity index (χ4v) is 2.09. The summed E-state index contributed by atoms with van der Waals surface area (Å²) in [6, 6.07) is 9.82. The average molecular weight is 223 g/mol. The molecule has 2 aromatic heterocycles. The molecule has 3 aromatic rings. The maximum absolute atomic E-state index is 8.22. The summed E-state index contributed by atoms with van der Waals surface area (Å²) in [6.07, 6.45) is 1.87. The van der Waals surface area contributed by atoms with Crippen molar-refractivity contribution < 1.29 is 0 Å². The minimum absolute atomic E-state index is 0.494. The predicted octanol–water partition coefficient (Wildman–Crippen LogP) is 2.58. The summed E-state index contributed by atoms with van der Waals surface area (Å²) in [4.78, 5) is 4.64. The number of pyridine rings is 1. The van der Waals surface area contributed by atoms with Gasteiger partial charge in [0, 0.05) is 11.6 Å². The van der Waals surface area contributed by atoms with Crippen molar-refractivity contribution in [2.45, 2.75) is 13.8 Å². The van der Waals surface area contributed by atoms with Crippen LogP contribution in [0.25, 0.3) is 16.6 Å². The maximum atomic E-state index is 8.22. The number of hydrogen-bond acceptors (Lipinski definition) is 2. The lowest BCUT2D eigenvalue weighted by atomic mass is 10.1. The van der Waals surface area contributed by atoms with Crippen LogP contribution in [0, 0.1) is 19.3 Å². The van der Waals surface area contributed by atoms with E-state index < -0.39 is 0 Å². The molecule has 17 heavy (non-hydrogen) atoms. The molecule has 84 valence electrons. The summed E-state index contributed by atoms with van der Waals surface area (Å²) in [5.41, 5.74) is 4.61. The molecule has 3 heteroatoms. The highest BCUT2D eigenvalue weighted by atomic mass is 15.0. The number of aromatic nitrogens is 2. The fourth-order valence-electron chi connectivity index (χ4n) is 2.09. The van der Waals surface area contributed by atoms with Gasteiger partial charge in [-0.3, -0.25) is 9.81 Å². The molecule has 0 atom stereocenters. The highest BCUT2D eigenvalue weighted by molar-refractivity contribution is 5.83. The summed E-state index contributed by atoms with van der Waals surface area (Å²) >= 11 is 0. The summed E-state index contributed by atoms with van der Waals surface area (Å²) in [6.45, 7) is 4.13. The van der Waals surface area contributed by atoms with E-state index in [-0.39, 0.29) is 0 Å². The first-order valence-corrected chi connectivity index (χ1v) is 5.60. The van der Waals surface area contributed by atoms with Gasteiger partial charge in [-0.25, -0.2) is 4.98 Å². The van der Waals surface area contributed by atoms with Crippen LogP contribution in [-0.4, -0.2) is 9.38 Å². The number of rotatable bonds is 0. The van der Waals surface area contributed by atoms with Crippen molar-refractivity contribution in [1.82, 2.24) is 9.38 Å². The minimum atomic E-state index is 0.494. The van der Waals surface area contributed by atoms with E-state index in [2.05, 4.69) is 18.8 Å². The van der Waals surface area contributed by atoms with Crippen LogP contribution in [-0.2, 0) is 0 Å². The summed E-state index contributed by atoms with van der Waals surface area (Å²) in [5, 5.41) is 9.12. The minimum Gasteiger partial charge on any atom is -0.286 e. The second kappa shape index (κ2) is 3.42. The lowest BCUT2D eigenvalue weighted by Gasteiger charge is -2.08. The molecule has 0 spiro atoms. The molecule has 0 saturated carbocycles. The Labute approximate surface area is 98.9 Å². The molecule has 3 rings (SSSR count). The zero-order chi connectivity index (χ0) is 12.0. The molecule has 0 aliphatic heterocycles. The Bertz CT molecular complexity index is 784. The molecule has 1 N–H and O–H groups in total. The van der Waals surface area contributed by atoms with Crippen molar-refractivity contribution in [3.05, 3.63) is 53.1 Å². The summed E-state index contributed by atoms with van der Waals surface area (Å²) in [5.74, 6) is 0. The molecule has 0 saturated heterocycles. The summed E-state index contributed by atoms with van der Waals surface area (Å²) < 4.78 is 1.80. The molecule has 0 fully saturated rings. The molecule has 2 heterocycles. The first-order valence-electron chi connectivity index (χ1n) is 5.60. The number of hydrogen-bond donors (Lipinski definition) is 1. The van der Waals surface area contributed by atoms with Crippen LogP contribution >= 0.6 is 0 Å². The zero-order valence-corrected chi connectivity index (χ0v) is 9.86. The van der Waals surface area contributed by atoms with Gasteiger partial charge < -0.3 is 0 Å². The van der Waals surface area contributed by atoms with Gasteiger partial charge in [0.15, 0.2) is 0 Å². The first-order chi connectivity index (χ1) is 8.18. The third kappa shape index (κ3) is 1.35. The normalized spacial score (nSPS) is 11.2. The van der Waals surface area contributed by atoms with E-state index in [9.17, 15) is 0 Å². The number of nitrogens with one attached hydrogen (secondary N) is 1. The van der Waals surface area contributed by atoms with Gasteiger partial charge in [0.2, 0.25) is 0 Å². The van der Waals surface area contributed by atoms with Gasteiger partial charge in [0.1, 0.15) is 11.1 Å². The van der Waals surface area contributed by atoms with Gasteiger partial charge in [0.25, 0.3) is 0 Å². The van der Waals surface area contributed by atoms with Crippen molar-refractivity contribution in [3.63, 3.8) is 0 Å². The van der Waals surface area contributed by atoms with Crippen molar-refractivity contribution in [3.8, 4) is 0 Å². The molecule has 0 bridgehead atoms. The quantitative estimate of drug-likeness (QED) is 0.585. The molecule has 3 nitrogen and oxygen atoms in total. The van der Waals surface area contributed by atoms with Gasteiger partial charge in [-0.15, -0.1) is 0 Å². The van der Waals surface area contributed by atoms with Gasteiger partial charge >= 0.3 is 0 Å². The molecular formula is C14H13N3. The molecule has 0 radical (unpaired) electrons. The van der Waals surface area contributed by atoms with Crippen molar-refractivity contribution >= 4 is 16.6 Å². The number of benzene rings is 1. The SMILES string of the molecule is Cc1ccc2c(=N)n3ccccc3nc2c1C. The van der Waals surface area contributed by atoms with Gasteiger partial charge in [-0.05, 0) is 43.2 Å². The maximum Gasteiger partial charge on any atom is 0.140 e. The van der Waals surface area contributed by atoms with E-state index in [1.165, 1.54) is 5.56 Å². The topological polar surface area (TPSA) is 41.2 Å². The predicted molar refractivity (Wildman–Crippen MR) is 68.0 cm³/mol. The molecule has 0 aliphatic rings. The average Bonchev–Trinajstić information content (AvgIpc) is 2.35. The highest BCUT2D eigenvalue weighted by Crippen LogP contribution is 2.17. The Kier molecular flexibility index (Phi) is 2.01.